The molecule has 132 valence electrons. The molecule has 1 heterocycles. The molecule has 0 unspecified atom stereocenters. The zero-order valence-electron chi connectivity index (χ0n) is 15.3. The van der Waals surface area contributed by atoms with Gasteiger partial charge in [0.15, 0.2) is 0 Å². The van der Waals surface area contributed by atoms with Crippen molar-refractivity contribution in [1.29, 1.82) is 0 Å². The van der Waals surface area contributed by atoms with Crippen LogP contribution in [0.4, 0.5) is 5.69 Å². The van der Waals surface area contributed by atoms with Crippen molar-refractivity contribution in [2.24, 2.45) is 0 Å². The summed E-state index contributed by atoms with van der Waals surface area (Å²) >= 11 is 0. The molecule has 0 saturated heterocycles. The maximum Gasteiger partial charge on any atom is 0.257 e. The molecule has 3 rings (SSSR count). The lowest BCUT2D eigenvalue weighted by molar-refractivity contribution is 0.0827. The minimum Gasteiger partial charge on any atom is -0.345 e. The number of pyridine rings is 1. The third-order valence-corrected chi connectivity index (χ3v) is 4.18. The number of hydrogen-bond donors (Lipinski definition) is 1. The summed E-state index contributed by atoms with van der Waals surface area (Å²) in [6.07, 6.45) is 0. The Hall–Kier alpha value is -3.21. The van der Waals surface area contributed by atoms with Crippen molar-refractivity contribution >= 4 is 28.4 Å². The summed E-state index contributed by atoms with van der Waals surface area (Å²) in [6, 6.07) is 14.7. The Labute approximate surface area is 152 Å². The fraction of sp³-hybridized carbons (Fsp3) is 0.190. The molecule has 0 radical (unpaired) electrons. The molecule has 26 heavy (non-hydrogen) atoms. The first-order valence-electron chi connectivity index (χ1n) is 8.36. The summed E-state index contributed by atoms with van der Waals surface area (Å²) in [5.41, 5.74) is 4.27. The zero-order valence-corrected chi connectivity index (χ0v) is 15.3. The third-order valence-electron chi connectivity index (χ3n) is 4.18. The average molecular weight is 347 g/mol. The van der Waals surface area contributed by atoms with Gasteiger partial charge in [-0.15, -0.1) is 0 Å². The Kier molecular flexibility index (Phi) is 4.71. The Bertz CT molecular complexity index is 1010. The maximum absolute atomic E-state index is 12.7. The highest BCUT2D eigenvalue weighted by Crippen LogP contribution is 2.20. The predicted molar refractivity (Wildman–Crippen MR) is 104 cm³/mol. The van der Waals surface area contributed by atoms with Gasteiger partial charge in [0.2, 0.25) is 0 Å². The van der Waals surface area contributed by atoms with Gasteiger partial charge in [-0.05, 0) is 50.2 Å². The summed E-state index contributed by atoms with van der Waals surface area (Å²) in [4.78, 5) is 30.8. The van der Waals surface area contributed by atoms with Gasteiger partial charge in [-0.1, -0.05) is 17.7 Å². The van der Waals surface area contributed by atoms with E-state index in [0.717, 1.165) is 16.5 Å². The molecule has 2 amide bonds. The Morgan fingerprint density at radius 3 is 2.50 bits per heavy atom. The van der Waals surface area contributed by atoms with E-state index in [0.29, 0.717) is 22.5 Å². The van der Waals surface area contributed by atoms with Crippen LogP contribution in [0.2, 0.25) is 0 Å². The second kappa shape index (κ2) is 6.96. The monoisotopic (exact) mass is 347 g/mol. The SMILES string of the molecule is Cc1ccc2nc(C)c(C(=O)Nc3cccc(C(=O)N(C)C)c3)cc2c1. The van der Waals surface area contributed by atoms with E-state index in [1.165, 1.54) is 4.90 Å². The molecule has 0 aliphatic heterocycles. The van der Waals surface area contributed by atoms with Crippen molar-refractivity contribution in [2.45, 2.75) is 13.8 Å². The Morgan fingerprint density at radius 2 is 1.77 bits per heavy atom. The fourth-order valence-corrected chi connectivity index (χ4v) is 2.81. The van der Waals surface area contributed by atoms with Gasteiger partial charge in [0.25, 0.3) is 11.8 Å². The van der Waals surface area contributed by atoms with Crippen LogP contribution in [0.15, 0.2) is 48.5 Å². The van der Waals surface area contributed by atoms with E-state index in [9.17, 15) is 9.59 Å². The molecule has 0 fully saturated rings. The molecule has 1 aromatic heterocycles. The first-order valence-corrected chi connectivity index (χ1v) is 8.36. The summed E-state index contributed by atoms with van der Waals surface area (Å²) in [7, 11) is 3.39. The molecule has 0 aliphatic rings. The van der Waals surface area contributed by atoms with Crippen molar-refractivity contribution in [3.63, 3.8) is 0 Å². The van der Waals surface area contributed by atoms with Crippen LogP contribution >= 0.6 is 0 Å². The highest BCUT2D eigenvalue weighted by molar-refractivity contribution is 6.07. The van der Waals surface area contributed by atoms with Gasteiger partial charge in [0.05, 0.1) is 16.8 Å². The average Bonchev–Trinajstić information content (AvgIpc) is 2.60. The molecule has 5 heteroatoms. The normalized spacial score (nSPS) is 10.6. The number of fused-ring (bicyclic) bond motifs is 1. The van der Waals surface area contributed by atoms with Crippen LogP contribution in [0, 0.1) is 13.8 Å². The fourth-order valence-electron chi connectivity index (χ4n) is 2.81. The lowest BCUT2D eigenvalue weighted by Gasteiger charge is -2.12. The van der Waals surface area contributed by atoms with Crippen LogP contribution < -0.4 is 5.32 Å². The minimum atomic E-state index is -0.243. The molecule has 3 aromatic rings. The van der Waals surface area contributed by atoms with Crippen molar-refractivity contribution in [1.82, 2.24) is 9.88 Å². The van der Waals surface area contributed by atoms with Crippen LogP contribution in [0.25, 0.3) is 10.9 Å². The smallest absolute Gasteiger partial charge is 0.257 e. The minimum absolute atomic E-state index is 0.111. The van der Waals surface area contributed by atoms with E-state index in [1.54, 1.807) is 38.4 Å². The number of hydrogen-bond acceptors (Lipinski definition) is 3. The second-order valence-electron chi connectivity index (χ2n) is 6.55. The third kappa shape index (κ3) is 3.57. The summed E-state index contributed by atoms with van der Waals surface area (Å²) in [6.45, 7) is 3.83. The Balaban J connectivity index is 1.91. The van der Waals surface area contributed by atoms with Crippen molar-refractivity contribution in [2.75, 3.05) is 19.4 Å². The van der Waals surface area contributed by atoms with Crippen LogP contribution in [-0.4, -0.2) is 35.8 Å². The Morgan fingerprint density at radius 1 is 1.00 bits per heavy atom. The number of carbonyl (C=O) groups excluding carboxylic acids is 2. The second-order valence-corrected chi connectivity index (χ2v) is 6.55. The molecule has 5 nitrogen and oxygen atoms in total. The number of nitrogens with one attached hydrogen (secondary N) is 1. The quantitative estimate of drug-likeness (QED) is 0.784. The van der Waals surface area contributed by atoms with Crippen LogP contribution in [0.3, 0.4) is 0 Å². The number of aromatic nitrogens is 1. The van der Waals surface area contributed by atoms with Gasteiger partial charge < -0.3 is 10.2 Å². The number of anilines is 1. The summed E-state index contributed by atoms with van der Waals surface area (Å²) < 4.78 is 0. The van der Waals surface area contributed by atoms with E-state index in [2.05, 4.69) is 10.3 Å². The van der Waals surface area contributed by atoms with E-state index in [4.69, 9.17) is 0 Å². The van der Waals surface area contributed by atoms with E-state index < -0.39 is 0 Å². The van der Waals surface area contributed by atoms with Crippen LogP contribution in [-0.2, 0) is 0 Å². The number of aryl methyl sites for hydroxylation is 2. The highest BCUT2D eigenvalue weighted by atomic mass is 16.2. The molecule has 0 atom stereocenters. The molecular weight excluding hydrogens is 326 g/mol. The number of rotatable bonds is 3. The lowest BCUT2D eigenvalue weighted by atomic mass is 10.1. The topological polar surface area (TPSA) is 62.3 Å². The van der Waals surface area contributed by atoms with Gasteiger partial charge in [0.1, 0.15) is 0 Å². The standard InChI is InChI=1S/C21H21N3O2/c1-13-8-9-19-16(10-13)12-18(14(2)22-19)20(25)23-17-7-5-6-15(11-17)21(26)24(3)4/h5-12H,1-4H3,(H,23,25). The molecular formula is C21H21N3O2. The zero-order chi connectivity index (χ0) is 18.8. The molecule has 0 spiro atoms. The number of benzene rings is 2. The molecule has 0 bridgehead atoms. The highest BCUT2D eigenvalue weighted by Gasteiger charge is 2.14. The molecule has 1 N–H and O–H groups in total. The largest absolute Gasteiger partial charge is 0.345 e. The first kappa shape index (κ1) is 17.6. The first-order chi connectivity index (χ1) is 12.3. The van der Waals surface area contributed by atoms with Crippen molar-refractivity contribution in [3.05, 3.63) is 70.9 Å². The van der Waals surface area contributed by atoms with Gasteiger partial charge in [0, 0.05) is 30.7 Å². The molecule has 2 aromatic carbocycles. The maximum atomic E-state index is 12.7. The predicted octanol–water partition coefficient (Wildman–Crippen LogP) is 3.81. The summed E-state index contributed by atoms with van der Waals surface area (Å²) in [5.74, 6) is -0.354. The lowest BCUT2D eigenvalue weighted by Crippen LogP contribution is -2.22. The van der Waals surface area contributed by atoms with E-state index in [1.807, 2.05) is 38.1 Å². The molecule has 0 saturated carbocycles. The number of amides is 2. The number of nitrogens with zero attached hydrogens (tertiary/aromatic N) is 2. The van der Waals surface area contributed by atoms with Crippen molar-refractivity contribution < 1.29 is 9.59 Å². The van der Waals surface area contributed by atoms with Crippen LogP contribution in [0.1, 0.15) is 32.0 Å². The summed E-state index contributed by atoms with van der Waals surface area (Å²) in [5, 5.41) is 3.79. The van der Waals surface area contributed by atoms with Gasteiger partial charge in [-0.2, -0.15) is 0 Å². The van der Waals surface area contributed by atoms with E-state index >= 15 is 0 Å². The molecule has 0 aliphatic carbocycles. The van der Waals surface area contributed by atoms with Crippen molar-refractivity contribution in [3.8, 4) is 0 Å². The number of carbonyl (C=O) groups is 2. The van der Waals surface area contributed by atoms with Gasteiger partial charge in [-0.3, -0.25) is 14.6 Å². The van der Waals surface area contributed by atoms with Gasteiger partial charge in [-0.25, -0.2) is 0 Å². The van der Waals surface area contributed by atoms with Crippen LogP contribution in [0.5, 0.6) is 0 Å². The van der Waals surface area contributed by atoms with Gasteiger partial charge >= 0.3 is 0 Å². The van der Waals surface area contributed by atoms with E-state index in [-0.39, 0.29) is 11.8 Å².